The molecule has 3 rings (SSSR count). The van der Waals surface area contributed by atoms with Gasteiger partial charge in [-0.3, -0.25) is 9.36 Å². The van der Waals surface area contributed by atoms with Crippen molar-refractivity contribution in [2.24, 2.45) is 0 Å². The summed E-state index contributed by atoms with van der Waals surface area (Å²) in [5.74, 6) is 0.453. The lowest BCUT2D eigenvalue weighted by Gasteiger charge is -2.15. The third kappa shape index (κ3) is 5.18. The van der Waals surface area contributed by atoms with Crippen LogP contribution >= 0.6 is 0 Å². The molecule has 3 aromatic heterocycles. The number of fused-ring (bicyclic) bond motifs is 1. The van der Waals surface area contributed by atoms with E-state index in [9.17, 15) is 4.79 Å². The zero-order chi connectivity index (χ0) is 21.2. The monoisotopic (exact) mass is 413 g/mol. The summed E-state index contributed by atoms with van der Waals surface area (Å²) in [4.78, 5) is 24.8. The Morgan fingerprint density at radius 1 is 1.24 bits per heavy atom. The van der Waals surface area contributed by atoms with Crippen LogP contribution in [0.15, 0.2) is 24.4 Å². The number of esters is 1. The maximum absolute atomic E-state index is 11.2. The van der Waals surface area contributed by atoms with E-state index in [-0.39, 0.29) is 5.88 Å². The van der Waals surface area contributed by atoms with Crippen LogP contribution in [-0.2, 0) is 16.3 Å². The zero-order valence-corrected chi connectivity index (χ0v) is 18.5. The summed E-state index contributed by atoms with van der Waals surface area (Å²) in [5, 5.41) is 0. The molecule has 0 radical (unpaired) electrons. The molecule has 0 bridgehead atoms. The van der Waals surface area contributed by atoms with Crippen LogP contribution in [-0.4, -0.2) is 40.2 Å². The highest BCUT2D eigenvalue weighted by atomic mass is 28.3. The molecule has 0 saturated heterocycles. The first kappa shape index (κ1) is 20.9. The first-order chi connectivity index (χ1) is 13.6. The predicted molar refractivity (Wildman–Crippen MR) is 115 cm³/mol. The fraction of sp³-hybridized carbons (Fsp3) is 0.400. The maximum atomic E-state index is 11.2. The molecule has 0 aliphatic heterocycles. The Kier molecular flexibility index (Phi) is 5.99. The van der Waals surface area contributed by atoms with E-state index >= 15 is 0 Å². The van der Waals surface area contributed by atoms with Gasteiger partial charge < -0.3 is 15.2 Å². The van der Waals surface area contributed by atoms with Crippen molar-refractivity contribution in [3.05, 3.63) is 30.2 Å². The Balaban J connectivity index is 1.84. The van der Waals surface area contributed by atoms with E-state index in [2.05, 4.69) is 34.6 Å². The molecule has 0 amide bonds. The van der Waals surface area contributed by atoms with Gasteiger partial charge in [-0.15, -0.1) is 0 Å². The second-order valence-corrected chi connectivity index (χ2v) is 13.8. The van der Waals surface area contributed by atoms with E-state index in [1.165, 1.54) is 6.92 Å². The number of anilines is 1. The highest BCUT2D eigenvalue weighted by Crippen LogP contribution is 2.27. The number of ether oxygens (including phenoxy) is 2. The third-order valence-corrected chi connectivity index (χ3v) is 6.12. The number of aryl methyl sites for hydroxylation is 1. The van der Waals surface area contributed by atoms with Crippen molar-refractivity contribution in [2.45, 2.75) is 46.3 Å². The van der Waals surface area contributed by atoms with Gasteiger partial charge in [0.25, 0.3) is 0 Å². The normalized spacial score (nSPS) is 11.8. The first-order valence-corrected chi connectivity index (χ1v) is 13.2. The van der Waals surface area contributed by atoms with Crippen LogP contribution < -0.4 is 10.5 Å². The molecule has 2 N–H and O–H groups in total. The Hall–Kier alpha value is -2.78. The minimum absolute atomic E-state index is 0.0904. The van der Waals surface area contributed by atoms with E-state index in [4.69, 9.17) is 15.2 Å². The molecule has 0 spiro atoms. The number of rotatable bonds is 7. The van der Waals surface area contributed by atoms with E-state index in [1.807, 2.05) is 17.6 Å². The Bertz CT molecular complexity index is 1040. The zero-order valence-electron chi connectivity index (χ0n) is 17.5. The minimum Gasteiger partial charge on any atom is -0.405 e. The second kappa shape index (κ2) is 8.30. The van der Waals surface area contributed by atoms with Crippen LogP contribution in [0.2, 0.25) is 25.7 Å². The molecular formula is C20H27N5O3Si. The lowest BCUT2D eigenvalue weighted by Crippen LogP contribution is -2.22. The quantitative estimate of drug-likeness (QED) is 0.358. The van der Waals surface area contributed by atoms with Gasteiger partial charge >= 0.3 is 5.97 Å². The van der Waals surface area contributed by atoms with Crippen molar-refractivity contribution >= 4 is 30.9 Å². The first-order valence-electron chi connectivity index (χ1n) is 9.50. The molecule has 0 saturated carbocycles. The van der Waals surface area contributed by atoms with Crippen molar-refractivity contribution < 1.29 is 14.3 Å². The van der Waals surface area contributed by atoms with Crippen LogP contribution in [0.1, 0.15) is 12.7 Å². The number of carbonyl (C=O) groups excluding carboxylic acids is 1. The molecule has 0 atom stereocenters. The third-order valence-electron chi connectivity index (χ3n) is 4.42. The molecule has 154 valence electrons. The van der Waals surface area contributed by atoms with Crippen molar-refractivity contribution in [2.75, 3.05) is 12.3 Å². The average Bonchev–Trinajstić information content (AvgIpc) is 2.94. The predicted octanol–water partition coefficient (Wildman–Crippen LogP) is 3.62. The summed E-state index contributed by atoms with van der Waals surface area (Å²) in [6, 6.07) is 6.43. The van der Waals surface area contributed by atoms with Crippen molar-refractivity contribution in [1.82, 2.24) is 19.5 Å². The Labute approximate surface area is 171 Å². The van der Waals surface area contributed by atoms with Gasteiger partial charge in [-0.05, 0) is 31.2 Å². The molecule has 0 aromatic carbocycles. The second-order valence-electron chi connectivity index (χ2n) is 8.19. The van der Waals surface area contributed by atoms with E-state index in [1.54, 1.807) is 18.3 Å². The minimum atomic E-state index is -1.12. The number of imidazole rings is 1. The van der Waals surface area contributed by atoms with Gasteiger partial charge in [0.2, 0.25) is 5.88 Å². The largest absolute Gasteiger partial charge is 0.405 e. The van der Waals surface area contributed by atoms with Crippen molar-refractivity contribution in [3.63, 3.8) is 0 Å². The molecule has 29 heavy (non-hydrogen) atoms. The van der Waals surface area contributed by atoms with Crippen molar-refractivity contribution in [3.8, 4) is 17.1 Å². The Morgan fingerprint density at radius 3 is 2.69 bits per heavy atom. The fourth-order valence-electron chi connectivity index (χ4n) is 2.78. The maximum Gasteiger partial charge on any atom is 0.309 e. The van der Waals surface area contributed by atoms with Gasteiger partial charge in [-0.2, -0.15) is 0 Å². The smallest absolute Gasteiger partial charge is 0.309 e. The number of hydrogen-bond acceptors (Lipinski definition) is 7. The fourth-order valence-corrected chi connectivity index (χ4v) is 3.54. The highest BCUT2D eigenvalue weighted by molar-refractivity contribution is 6.76. The number of hydrogen-bond donors (Lipinski definition) is 1. The number of pyridine rings is 2. The van der Waals surface area contributed by atoms with Crippen LogP contribution in [0.25, 0.3) is 22.4 Å². The standard InChI is InChI=1S/C20H27N5O3Si/c1-13-23-18-10-15(17-7-6-16(21)20(24-17)28-14(2)26)11-22-19(18)25(13)12-27-8-9-29(3,4)5/h6-7,10-11H,8-9,12,21H2,1-5H3. The number of nitrogen functional groups attached to an aromatic ring is 1. The van der Waals surface area contributed by atoms with Crippen LogP contribution in [0.5, 0.6) is 5.88 Å². The lowest BCUT2D eigenvalue weighted by molar-refractivity contribution is -0.132. The molecule has 3 heterocycles. The van der Waals surface area contributed by atoms with Crippen molar-refractivity contribution in [1.29, 1.82) is 0 Å². The summed E-state index contributed by atoms with van der Waals surface area (Å²) < 4.78 is 12.9. The molecule has 9 heteroatoms. The molecule has 0 fully saturated rings. The number of carbonyl (C=O) groups is 1. The molecule has 0 aliphatic rings. The summed E-state index contributed by atoms with van der Waals surface area (Å²) in [5.41, 5.74) is 9.00. The van der Waals surface area contributed by atoms with Gasteiger partial charge in [0.15, 0.2) is 5.65 Å². The highest BCUT2D eigenvalue weighted by Gasteiger charge is 2.15. The lowest BCUT2D eigenvalue weighted by atomic mass is 10.2. The summed E-state index contributed by atoms with van der Waals surface area (Å²) in [7, 11) is -1.12. The topological polar surface area (TPSA) is 105 Å². The SMILES string of the molecule is CC(=O)Oc1nc(-c2cnc3c(c2)nc(C)n3COCC[Si](C)(C)C)ccc1N. The van der Waals surface area contributed by atoms with Crippen LogP contribution in [0.3, 0.4) is 0 Å². The molecule has 8 nitrogen and oxygen atoms in total. The van der Waals surface area contributed by atoms with Gasteiger partial charge in [-0.1, -0.05) is 19.6 Å². The molecular weight excluding hydrogens is 386 g/mol. The van der Waals surface area contributed by atoms with Gasteiger partial charge in [0.05, 0.1) is 11.4 Å². The number of nitrogens with zero attached hydrogens (tertiary/aromatic N) is 4. The van der Waals surface area contributed by atoms with Crippen LogP contribution in [0, 0.1) is 6.92 Å². The van der Waals surface area contributed by atoms with Gasteiger partial charge in [0, 0.05) is 33.4 Å². The summed E-state index contributed by atoms with van der Waals surface area (Å²) >= 11 is 0. The van der Waals surface area contributed by atoms with E-state index in [0.29, 0.717) is 18.1 Å². The number of aromatic nitrogens is 4. The molecule has 0 aliphatic carbocycles. The Morgan fingerprint density at radius 2 is 2.00 bits per heavy atom. The van der Waals surface area contributed by atoms with Gasteiger partial charge in [0.1, 0.15) is 18.1 Å². The van der Waals surface area contributed by atoms with E-state index in [0.717, 1.165) is 35.2 Å². The van der Waals surface area contributed by atoms with Crippen LogP contribution in [0.4, 0.5) is 5.69 Å². The summed E-state index contributed by atoms with van der Waals surface area (Å²) in [6.07, 6.45) is 1.72. The van der Waals surface area contributed by atoms with E-state index < -0.39 is 14.0 Å². The average molecular weight is 414 g/mol. The molecule has 3 aromatic rings. The summed E-state index contributed by atoms with van der Waals surface area (Å²) in [6.45, 7) is 11.4. The van der Waals surface area contributed by atoms with Gasteiger partial charge in [-0.25, -0.2) is 15.0 Å². The molecule has 0 unspecified atom stereocenters. The number of nitrogens with two attached hydrogens (primary N) is 1.